The van der Waals surface area contributed by atoms with Gasteiger partial charge >= 0.3 is 6.18 Å². The summed E-state index contributed by atoms with van der Waals surface area (Å²) in [4.78, 5) is 11.8. The molecule has 2 N–H and O–H groups in total. The number of aromatic amines is 1. The van der Waals surface area contributed by atoms with E-state index in [4.69, 9.17) is 0 Å². The van der Waals surface area contributed by atoms with E-state index in [9.17, 15) is 18.0 Å². The van der Waals surface area contributed by atoms with Crippen LogP contribution in [-0.4, -0.2) is 22.3 Å². The third-order valence-corrected chi connectivity index (χ3v) is 3.57. The number of hydrogen-bond acceptors (Lipinski definition) is 2. The molecule has 4 nitrogen and oxygen atoms in total. The second-order valence-corrected chi connectivity index (χ2v) is 4.89. The van der Waals surface area contributed by atoms with Gasteiger partial charge in [-0.25, -0.2) is 0 Å². The molecule has 0 bridgehead atoms. The number of nitrogens with one attached hydrogen (secondary N) is 2. The molecule has 1 amide bonds. The molecule has 1 aliphatic rings. The minimum atomic E-state index is -4.13. The number of rotatable bonds is 3. The van der Waals surface area contributed by atoms with Crippen molar-refractivity contribution in [2.45, 2.75) is 38.4 Å². The van der Waals surface area contributed by atoms with Gasteiger partial charge in [0.15, 0.2) is 0 Å². The maximum Gasteiger partial charge on any atom is 0.391 e. The largest absolute Gasteiger partial charge is 0.391 e. The summed E-state index contributed by atoms with van der Waals surface area (Å²) < 4.78 is 37.5. The van der Waals surface area contributed by atoms with Crippen LogP contribution in [0, 0.1) is 11.8 Å². The maximum absolute atomic E-state index is 12.5. The van der Waals surface area contributed by atoms with Crippen LogP contribution in [0.25, 0.3) is 0 Å². The Kier molecular flexibility index (Phi) is 4.11. The van der Waals surface area contributed by atoms with E-state index in [1.54, 1.807) is 12.3 Å². The van der Waals surface area contributed by atoms with Gasteiger partial charge in [0.2, 0.25) is 5.91 Å². The summed E-state index contributed by atoms with van der Waals surface area (Å²) >= 11 is 0. The molecule has 106 valence electrons. The molecule has 0 unspecified atom stereocenters. The second-order valence-electron chi connectivity index (χ2n) is 4.89. The first-order valence-corrected chi connectivity index (χ1v) is 6.29. The molecule has 1 fully saturated rings. The van der Waals surface area contributed by atoms with E-state index in [-0.39, 0.29) is 24.7 Å². The van der Waals surface area contributed by atoms with Crippen LogP contribution in [0.3, 0.4) is 0 Å². The van der Waals surface area contributed by atoms with Gasteiger partial charge in [-0.15, -0.1) is 0 Å². The van der Waals surface area contributed by atoms with Gasteiger partial charge in [0.1, 0.15) is 0 Å². The highest BCUT2D eigenvalue weighted by Gasteiger charge is 2.42. The van der Waals surface area contributed by atoms with Gasteiger partial charge in [0.25, 0.3) is 0 Å². The normalized spacial score (nSPS) is 24.2. The summed E-state index contributed by atoms with van der Waals surface area (Å²) in [6.45, 7) is 0.331. The fourth-order valence-electron chi connectivity index (χ4n) is 2.39. The number of aromatic nitrogens is 2. The van der Waals surface area contributed by atoms with Crippen molar-refractivity contribution >= 4 is 5.91 Å². The van der Waals surface area contributed by atoms with Gasteiger partial charge in [0.05, 0.1) is 18.2 Å². The topological polar surface area (TPSA) is 57.8 Å². The van der Waals surface area contributed by atoms with Gasteiger partial charge in [0, 0.05) is 12.1 Å². The van der Waals surface area contributed by atoms with Crippen molar-refractivity contribution < 1.29 is 18.0 Å². The van der Waals surface area contributed by atoms with Crippen molar-refractivity contribution in [2.75, 3.05) is 0 Å². The lowest BCUT2D eigenvalue weighted by Gasteiger charge is -2.29. The minimum absolute atomic E-state index is 0.0473. The van der Waals surface area contributed by atoms with Crippen LogP contribution >= 0.6 is 0 Å². The predicted molar refractivity (Wildman–Crippen MR) is 61.9 cm³/mol. The molecule has 1 heterocycles. The van der Waals surface area contributed by atoms with Crippen LogP contribution in [0.2, 0.25) is 0 Å². The van der Waals surface area contributed by atoms with Crippen LogP contribution in [0.15, 0.2) is 12.3 Å². The zero-order valence-corrected chi connectivity index (χ0v) is 10.3. The van der Waals surface area contributed by atoms with E-state index >= 15 is 0 Å². The number of halogens is 3. The van der Waals surface area contributed by atoms with Crippen molar-refractivity contribution in [2.24, 2.45) is 11.8 Å². The van der Waals surface area contributed by atoms with Gasteiger partial charge in [-0.05, 0) is 31.7 Å². The molecule has 0 saturated heterocycles. The summed E-state index contributed by atoms with van der Waals surface area (Å²) in [5.41, 5.74) is 0.775. The van der Waals surface area contributed by atoms with E-state index in [1.807, 2.05) is 0 Å². The molecule has 0 radical (unpaired) electrons. The zero-order chi connectivity index (χ0) is 13.9. The molecule has 0 aliphatic heterocycles. The quantitative estimate of drug-likeness (QED) is 0.890. The monoisotopic (exact) mass is 275 g/mol. The van der Waals surface area contributed by atoms with Gasteiger partial charge in [-0.3, -0.25) is 9.89 Å². The molecular formula is C12H16F3N3O. The standard InChI is InChI=1S/C12H16F3N3O/c13-12(14,15)9-3-1-8(2-4-9)11(19)16-7-10-5-6-17-18-10/h5-6,8-9H,1-4,7H2,(H,16,19)(H,17,18). The Hall–Kier alpha value is -1.53. The Balaban J connectivity index is 1.76. The smallest absolute Gasteiger partial charge is 0.350 e. The lowest BCUT2D eigenvalue weighted by Crippen LogP contribution is -2.35. The number of H-pyrrole nitrogens is 1. The third-order valence-electron chi connectivity index (χ3n) is 3.57. The number of carbonyl (C=O) groups excluding carboxylic acids is 1. The van der Waals surface area contributed by atoms with Crippen molar-refractivity contribution in [3.63, 3.8) is 0 Å². The fraction of sp³-hybridized carbons (Fsp3) is 0.667. The molecule has 1 aromatic heterocycles. The molecule has 19 heavy (non-hydrogen) atoms. The second kappa shape index (κ2) is 5.63. The molecule has 0 spiro atoms. The Morgan fingerprint density at radius 2 is 2.05 bits per heavy atom. The van der Waals surface area contributed by atoms with Crippen LogP contribution in [0.4, 0.5) is 13.2 Å². The van der Waals surface area contributed by atoms with Crippen molar-refractivity contribution in [3.05, 3.63) is 18.0 Å². The molecular weight excluding hydrogens is 259 g/mol. The van der Waals surface area contributed by atoms with Crippen LogP contribution in [-0.2, 0) is 11.3 Å². The number of hydrogen-bond donors (Lipinski definition) is 2. The Morgan fingerprint density at radius 1 is 1.37 bits per heavy atom. The average Bonchev–Trinajstić information content (AvgIpc) is 2.88. The summed E-state index contributed by atoms with van der Waals surface area (Å²) in [7, 11) is 0. The van der Waals surface area contributed by atoms with Crippen molar-refractivity contribution in [1.82, 2.24) is 15.5 Å². The molecule has 7 heteroatoms. The summed E-state index contributed by atoms with van der Waals surface area (Å²) in [5, 5.41) is 9.17. The third kappa shape index (κ3) is 3.71. The summed E-state index contributed by atoms with van der Waals surface area (Å²) in [6, 6.07) is 1.74. The number of nitrogens with zero attached hydrogens (tertiary/aromatic N) is 1. The van der Waals surface area contributed by atoms with E-state index < -0.39 is 12.1 Å². The number of amides is 1. The first-order valence-electron chi connectivity index (χ1n) is 6.29. The number of alkyl halides is 3. The average molecular weight is 275 g/mol. The Bertz CT molecular complexity index is 408. The molecule has 1 aromatic rings. The molecule has 1 saturated carbocycles. The lowest BCUT2D eigenvalue weighted by atomic mass is 9.81. The van der Waals surface area contributed by atoms with E-state index in [1.165, 1.54) is 0 Å². The maximum atomic E-state index is 12.5. The zero-order valence-electron chi connectivity index (χ0n) is 10.3. The SMILES string of the molecule is O=C(NCc1ccn[nH]1)C1CCC(C(F)(F)F)CC1. The first-order chi connectivity index (χ1) is 8.97. The number of carbonyl (C=O) groups is 1. The molecule has 0 aromatic carbocycles. The summed E-state index contributed by atoms with van der Waals surface area (Å²) in [6.07, 6.45) is -1.84. The van der Waals surface area contributed by atoms with Crippen molar-refractivity contribution in [3.8, 4) is 0 Å². The van der Waals surface area contributed by atoms with E-state index in [0.717, 1.165) is 5.69 Å². The van der Waals surface area contributed by atoms with E-state index in [0.29, 0.717) is 19.4 Å². The van der Waals surface area contributed by atoms with Crippen LogP contribution < -0.4 is 5.32 Å². The van der Waals surface area contributed by atoms with Gasteiger partial charge in [-0.2, -0.15) is 18.3 Å². The van der Waals surface area contributed by atoms with Gasteiger partial charge in [-0.1, -0.05) is 0 Å². The van der Waals surface area contributed by atoms with Gasteiger partial charge < -0.3 is 5.32 Å². The van der Waals surface area contributed by atoms with Crippen LogP contribution in [0.5, 0.6) is 0 Å². The highest BCUT2D eigenvalue weighted by molar-refractivity contribution is 5.78. The van der Waals surface area contributed by atoms with Crippen molar-refractivity contribution in [1.29, 1.82) is 0 Å². The fourth-order valence-corrected chi connectivity index (χ4v) is 2.39. The molecule has 1 aliphatic carbocycles. The summed E-state index contributed by atoms with van der Waals surface area (Å²) in [5.74, 6) is -1.72. The highest BCUT2D eigenvalue weighted by Crippen LogP contribution is 2.39. The molecule has 2 rings (SSSR count). The van der Waals surface area contributed by atoms with E-state index in [2.05, 4.69) is 15.5 Å². The lowest BCUT2D eigenvalue weighted by molar-refractivity contribution is -0.184. The molecule has 0 atom stereocenters. The highest BCUT2D eigenvalue weighted by atomic mass is 19.4. The first kappa shape index (κ1) is 13.9. The van der Waals surface area contributed by atoms with Crippen LogP contribution in [0.1, 0.15) is 31.4 Å². The minimum Gasteiger partial charge on any atom is -0.350 e. The Labute approximate surface area is 108 Å². The Morgan fingerprint density at radius 3 is 2.58 bits per heavy atom. The predicted octanol–water partition coefficient (Wildman–Crippen LogP) is 2.39.